The molecular weight excluding hydrogens is 228 g/mol. The van der Waals surface area contributed by atoms with Crippen molar-refractivity contribution >= 4 is 11.5 Å². The summed E-state index contributed by atoms with van der Waals surface area (Å²) < 4.78 is 1.80. The molecule has 0 saturated heterocycles. The van der Waals surface area contributed by atoms with E-state index in [0.717, 1.165) is 35.9 Å². The zero-order valence-electron chi connectivity index (χ0n) is 11.1. The second kappa shape index (κ2) is 5.12. The lowest BCUT2D eigenvalue weighted by Crippen LogP contribution is -2.10. The van der Waals surface area contributed by atoms with Crippen molar-refractivity contribution in [1.29, 1.82) is 0 Å². The standard InChI is InChI=1S/C12H20N6/c1-8(2)11-10(13)12(18(3)17-11)15-5-4-9-6-14-7-16-9/h6-8,15H,4-5,13H2,1-3H3,(H,14,16). The first-order chi connectivity index (χ1) is 8.59. The molecule has 4 N–H and O–H groups in total. The minimum atomic E-state index is 0.333. The number of nitrogen functional groups attached to an aromatic ring is 1. The Kier molecular flexibility index (Phi) is 3.55. The summed E-state index contributed by atoms with van der Waals surface area (Å²) in [4.78, 5) is 7.06. The molecule has 0 saturated carbocycles. The maximum absolute atomic E-state index is 6.10. The van der Waals surface area contributed by atoms with Gasteiger partial charge in [0.25, 0.3) is 0 Å². The molecule has 0 radical (unpaired) electrons. The summed E-state index contributed by atoms with van der Waals surface area (Å²) in [6.07, 6.45) is 4.39. The van der Waals surface area contributed by atoms with Crippen molar-refractivity contribution in [2.45, 2.75) is 26.2 Å². The second-order valence-electron chi connectivity index (χ2n) is 4.68. The van der Waals surface area contributed by atoms with Gasteiger partial charge in [0.15, 0.2) is 0 Å². The highest BCUT2D eigenvalue weighted by atomic mass is 15.3. The molecule has 6 heteroatoms. The lowest BCUT2D eigenvalue weighted by molar-refractivity contribution is 0.714. The third kappa shape index (κ3) is 2.47. The summed E-state index contributed by atoms with van der Waals surface area (Å²) in [6.45, 7) is 4.98. The lowest BCUT2D eigenvalue weighted by atomic mass is 10.1. The fourth-order valence-corrected chi connectivity index (χ4v) is 1.93. The van der Waals surface area contributed by atoms with Crippen molar-refractivity contribution in [2.75, 3.05) is 17.6 Å². The molecule has 0 bridgehead atoms. The van der Waals surface area contributed by atoms with Gasteiger partial charge in [0.1, 0.15) is 5.82 Å². The Morgan fingerprint density at radius 1 is 1.50 bits per heavy atom. The lowest BCUT2D eigenvalue weighted by Gasteiger charge is -2.07. The number of hydrogen-bond acceptors (Lipinski definition) is 4. The number of imidazole rings is 1. The molecule has 0 spiro atoms. The van der Waals surface area contributed by atoms with E-state index >= 15 is 0 Å². The first-order valence-corrected chi connectivity index (χ1v) is 6.13. The molecule has 18 heavy (non-hydrogen) atoms. The molecule has 0 amide bonds. The van der Waals surface area contributed by atoms with Gasteiger partial charge in [-0.3, -0.25) is 4.68 Å². The number of anilines is 2. The number of nitrogens with zero attached hydrogens (tertiary/aromatic N) is 3. The molecule has 2 aromatic rings. The number of nitrogens with one attached hydrogen (secondary N) is 2. The summed E-state index contributed by atoms with van der Waals surface area (Å²) in [5.74, 6) is 1.22. The van der Waals surface area contributed by atoms with Crippen molar-refractivity contribution in [1.82, 2.24) is 19.7 Å². The van der Waals surface area contributed by atoms with Gasteiger partial charge in [-0.05, 0) is 5.92 Å². The zero-order chi connectivity index (χ0) is 13.1. The molecule has 2 aromatic heterocycles. The molecule has 0 aromatic carbocycles. The number of aromatic nitrogens is 4. The van der Waals surface area contributed by atoms with E-state index in [-0.39, 0.29) is 0 Å². The highest BCUT2D eigenvalue weighted by Gasteiger charge is 2.15. The number of rotatable bonds is 5. The molecule has 6 nitrogen and oxygen atoms in total. The number of hydrogen-bond donors (Lipinski definition) is 3. The van der Waals surface area contributed by atoms with Gasteiger partial charge >= 0.3 is 0 Å². The zero-order valence-corrected chi connectivity index (χ0v) is 11.1. The van der Waals surface area contributed by atoms with E-state index in [1.807, 2.05) is 13.2 Å². The third-order valence-corrected chi connectivity index (χ3v) is 2.90. The van der Waals surface area contributed by atoms with Crippen molar-refractivity contribution in [3.05, 3.63) is 23.9 Å². The first-order valence-electron chi connectivity index (χ1n) is 6.13. The summed E-state index contributed by atoms with van der Waals surface area (Å²) in [5, 5.41) is 7.76. The molecule has 0 aliphatic carbocycles. The van der Waals surface area contributed by atoms with Crippen LogP contribution < -0.4 is 11.1 Å². The average Bonchev–Trinajstić information content (AvgIpc) is 2.91. The quantitative estimate of drug-likeness (QED) is 0.748. The smallest absolute Gasteiger partial charge is 0.147 e. The van der Waals surface area contributed by atoms with E-state index < -0.39 is 0 Å². The van der Waals surface area contributed by atoms with E-state index in [9.17, 15) is 0 Å². The summed E-state index contributed by atoms with van der Waals surface area (Å²) in [6, 6.07) is 0. The maximum Gasteiger partial charge on any atom is 0.147 e. The van der Waals surface area contributed by atoms with Gasteiger partial charge in [0.05, 0.1) is 17.7 Å². The molecule has 0 atom stereocenters. The minimum absolute atomic E-state index is 0.333. The predicted molar refractivity (Wildman–Crippen MR) is 72.5 cm³/mol. The molecule has 0 aliphatic rings. The highest BCUT2D eigenvalue weighted by Crippen LogP contribution is 2.27. The average molecular weight is 248 g/mol. The van der Waals surface area contributed by atoms with Gasteiger partial charge in [0.2, 0.25) is 0 Å². The Morgan fingerprint density at radius 2 is 2.28 bits per heavy atom. The van der Waals surface area contributed by atoms with Gasteiger partial charge in [-0.1, -0.05) is 13.8 Å². The van der Waals surface area contributed by atoms with Crippen LogP contribution in [0.15, 0.2) is 12.5 Å². The molecule has 98 valence electrons. The molecule has 0 aliphatic heterocycles. The van der Waals surface area contributed by atoms with Crippen LogP contribution in [0.3, 0.4) is 0 Å². The maximum atomic E-state index is 6.10. The van der Waals surface area contributed by atoms with E-state index in [4.69, 9.17) is 5.73 Å². The SMILES string of the molecule is CC(C)c1nn(C)c(NCCc2cnc[nH]2)c1N. The van der Waals surface area contributed by atoms with Crippen molar-refractivity contribution in [2.24, 2.45) is 7.05 Å². The molecule has 0 fully saturated rings. The Bertz CT molecular complexity index is 497. The Hall–Kier alpha value is -1.98. The van der Waals surface area contributed by atoms with E-state index in [1.165, 1.54) is 0 Å². The molecular formula is C12H20N6. The molecule has 0 unspecified atom stereocenters. The minimum Gasteiger partial charge on any atom is -0.394 e. The van der Waals surface area contributed by atoms with E-state index in [0.29, 0.717) is 5.92 Å². The van der Waals surface area contributed by atoms with Gasteiger partial charge in [-0.2, -0.15) is 5.10 Å². The molecule has 2 rings (SSSR count). The van der Waals surface area contributed by atoms with Crippen LogP contribution in [0.5, 0.6) is 0 Å². The van der Waals surface area contributed by atoms with Crippen LogP contribution in [0.25, 0.3) is 0 Å². The van der Waals surface area contributed by atoms with Crippen LogP contribution in [-0.4, -0.2) is 26.3 Å². The fraction of sp³-hybridized carbons (Fsp3) is 0.500. The van der Waals surface area contributed by atoms with Crippen LogP contribution in [0.4, 0.5) is 11.5 Å². The van der Waals surface area contributed by atoms with Crippen molar-refractivity contribution in [3.63, 3.8) is 0 Å². The van der Waals surface area contributed by atoms with Crippen LogP contribution in [0, 0.1) is 0 Å². The van der Waals surface area contributed by atoms with E-state index in [1.54, 1.807) is 11.0 Å². The van der Waals surface area contributed by atoms with Crippen LogP contribution in [0.1, 0.15) is 31.2 Å². The first kappa shape index (κ1) is 12.5. The number of H-pyrrole nitrogens is 1. The van der Waals surface area contributed by atoms with Crippen molar-refractivity contribution < 1.29 is 0 Å². The van der Waals surface area contributed by atoms with Crippen LogP contribution in [0.2, 0.25) is 0 Å². The van der Waals surface area contributed by atoms with Crippen molar-refractivity contribution in [3.8, 4) is 0 Å². The second-order valence-corrected chi connectivity index (χ2v) is 4.68. The van der Waals surface area contributed by atoms with Gasteiger partial charge in [0, 0.05) is 31.9 Å². The fourth-order valence-electron chi connectivity index (χ4n) is 1.93. The van der Waals surface area contributed by atoms with Crippen LogP contribution >= 0.6 is 0 Å². The van der Waals surface area contributed by atoms with E-state index in [2.05, 4.69) is 34.2 Å². The van der Waals surface area contributed by atoms with Crippen LogP contribution in [-0.2, 0) is 13.5 Å². The summed E-state index contributed by atoms with van der Waals surface area (Å²) in [7, 11) is 1.90. The Morgan fingerprint density at radius 3 is 2.83 bits per heavy atom. The van der Waals surface area contributed by atoms with Gasteiger partial charge < -0.3 is 16.0 Å². The largest absolute Gasteiger partial charge is 0.394 e. The Labute approximate surface area is 107 Å². The monoisotopic (exact) mass is 248 g/mol. The number of nitrogens with two attached hydrogens (primary N) is 1. The van der Waals surface area contributed by atoms with Gasteiger partial charge in [-0.25, -0.2) is 4.98 Å². The topological polar surface area (TPSA) is 84.5 Å². The summed E-state index contributed by atoms with van der Waals surface area (Å²) in [5.41, 5.74) is 8.90. The normalized spacial score (nSPS) is 11.1. The highest BCUT2D eigenvalue weighted by molar-refractivity contribution is 5.65. The number of aryl methyl sites for hydroxylation is 1. The predicted octanol–water partition coefficient (Wildman–Crippen LogP) is 1.50. The Balaban J connectivity index is 2.01. The summed E-state index contributed by atoms with van der Waals surface area (Å²) >= 11 is 0. The molecule has 2 heterocycles. The van der Waals surface area contributed by atoms with Gasteiger partial charge in [-0.15, -0.1) is 0 Å². The third-order valence-electron chi connectivity index (χ3n) is 2.90. The number of aromatic amines is 1.